The van der Waals surface area contributed by atoms with Crippen LogP contribution in [0.2, 0.25) is 0 Å². The molecule has 0 aliphatic heterocycles. The SMILES string of the molecule is COc1ccc2oc(COC=O)cc2c1. The molecule has 0 atom stereocenters. The van der Waals surface area contributed by atoms with Gasteiger partial charge >= 0.3 is 0 Å². The second-order valence-corrected chi connectivity index (χ2v) is 3.02. The lowest BCUT2D eigenvalue weighted by molar-refractivity contribution is -0.130. The van der Waals surface area contributed by atoms with Gasteiger partial charge in [0.05, 0.1) is 7.11 Å². The smallest absolute Gasteiger partial charge is 0.293 e. The van der Waals surface area contributed by atoms with E-state index in [0.717, 1.165) is 16.7 Å². The van der Waals surface area contributed by atoms with Crippen molar-refractivity contribution in [2.45, 2.75) is 6.61 Å². The first-order chi connectivity index (χ1) is 7.33. The van der Waals surface area contributed by atoms with Crippen LogP contribution in [0, 0.1) is 0 Å². The average Bonchev–Trinajstić information content (AvgIpc) is 2.67. The molecule has 0 spiro atoms. The highest BCUT2D eigenvalue weighted by atomic mass is 16.5. The Kier molecular flexibility index (Phi) is 2.58. The molecule has 1 aromatic carbocycles. The molecule has 4 nitrogen and oxygen atoms in total. The van der Waals surface area contributed by atoms with E-state index in [1.165, 1.54) is 0 Å². The number of carbonyl (C=O) groups is 1. The van der Waals surface area contributed by atoms with Crippen LogP contribution in [0.1, 0.15) is 5.76 Å². The third-order valence-corrected chi connectivity index (χ3v) is 2.07. The Morgan fingerprint density at radius 2 is 2.27 bits per heavy atom. The van der Waals surface area contributed by atoms with Gasteiger partial charge in [-0.2, -0.15) is 0 Å². The second kappa shape index (κ2) is 4.04. The molecule has 0 radical (unpaired) electrons. The number of ether oxygens (including phenoxy) is 2. The molecule has 2 rings (SSSR count). The summed E-state index contributed by atoms with van der Waals surface area (Å²) in [5, 5.41) is 0.929. The van der Waals surface area contributed by atoms with E-state index in [1.54, 1.807) is 7.11 Å². The number of carbonyl (C=O) groups excluding carboxylic acids is 1. The van der Waals surface area contributed by atoms with Crippen LogP contribution in [0.4, 0.5) is 0 Å². The molecule has 4 heteroatoms. The molecule has 0 saturated carbocycles. The second-order valence-electron chi connectivity index (χ2n) is 3.02. The number of hydrogen-bond acceptors (Lipinski definition) is 4. The van der Waals surface area contributed by atoms with Gasteiger partial charge in [-0.05, 0) is 24.3 Å². The standard InChI is InChI=1S/C11H10O4/c1-13-9-2-3-11-8(4-9)5-10(15-11)6-14-7-12/h2-5,7H,6H2,1H3. The Morgan fingerprint density at radius 1 is 1.40 bits per heavy atom. The minimum Gasteiger partial charge on any atom is -0.497 e. The summed E-state index contributed by atoms with van der Waals surface area (Å²) in [6.07, 6.45) is 0. The molecule has 1 heterocycles. The van der Waals surface area contributed by atoms with E-state index in [4.69, 9.17) is 9.15 Å². The maximum Gasteiger partial charge on any atom is 0.293 e. The molecule has 1 aromatic heterocycles. The summed E-state index contributed by atoms with van der Waals surface area (Å²) in [6, 6.07) is 7.32. The normalized spacial score (nSPS) is 10.2. The van der Waals surface area contributed by atoms with Crippen molar-refractivity contribution in [1.82, 2.24) is 0 Å². The molecule has 0 saturated heterocycles. The van der Waals surface area contributed by atoms with Crippen molar-refractivity contribution in [1.29, 1.82) is 0 Å². The van der Waals surface area contributed by atoms with Crippen molar-refractivity contribution in [3.8, 4) is 5.75 Å². The van der Waals surface area contributed by atoms with E-state index in [1.807, 2.05) is 24.3 Å². The van der Waals surface area contributed by atoms with E-state index in [9.17, 15) is 4.79 Å². The average molecular weight is 206 g/mol. The molecule has 2 aromatic rings. The highest BCUT2D eigenvalue weighted by Gasteiger charge is 2.04. The van der Waals surface area contributed by atoms with Gasteiger partial charge < -0.3 is 13.9 Å². The minimum atomic E-state index is 0.153. The first-order valence-electron chi connectivity index (χ1n) is 4.45. The number of methoxy groups -OCH3 is 1. The summed E-state index contributed by atoms with van der Waals surface area (Å²) in [6.45, 7) is 0.550. The Labute approximate surface area is 86.4 Å². The van der Waals surface area contributed by atoms with E-state index < -0.39 is 0 Å². The quantitative estimate of drug-likeness (QED) is 0.719. The van der Waals surface area contributed by atoms with Gasteiger partial charge in [0.25, 0.3) is 6.47 Å². The maximum atomic E-state index is 10.0. The first-order valence-corrected chi connectivity index (χ1v) is 4.45. The summed E-state index contributed by atoms with van der Waals surface area (Å²) < 4.78 is 15.1. The molecule has 0 aliphatic carbocycles. The molecule has 0 aliphatic rings. The zero-order valence-electron chi connectivity index (χ0n) is 8.23. The predicted molar refractivity (Wildman–Crippen MR) is 53.6 cm³/mol. The van der Waals surface area contributed by atoms with Crippen LogP contribution in [-0.2, 0) is 16.1 Å². The Hall–Kier alpha value is -1.97. The molecule has 15 heavy (non-hydrogen) atoms. The fourth-order valence-corrected chi connectivity index (χ4v) is 1.39. The molecule has 0 N–H and O–H groups in total. The van der Waals surface area contributed by atoms with Crippen molar-refractivity contribution in [3.05, 3.63) is 30.0 Å². The topological polar surface area (TPSA) is 48.7 Å². The molecular weight excluding hydrogens is 196 g/mol. The lowest BCUT2D eigenvalue weighted by Gasteiger charge is -1.96. The van der Waals surface area contributed by atoms with Crippen LogP contribution >= 0.6 is 0 Å². The number of rotatable bonds is 4. The fraction of sp³-hybridized carbons (Fsp3) is 0.182. The van der Waals surface area contributed by atoms with Gasteiger partial charge in [0.1, 0.15) is 23.7 Å². The third-order valence-electron chi connectivity index (χ3n) is 2.07. The van der Waals surface area contributed by atoms with E-state index >= 15 is 0 Å². The summed E-state index contributed by atoms with van der Waals surface area (Å²) in [4.78, 5) is 10.0. The van der Waals surface area contributed by atoms with Crippen LogP contribution in [0.25, 0.3) is 11.0 Å². The van der Waals surface area contributed by atoms with Crippen LogP contribution < -0.4 is 4.74 Å². The van der Waals surface area contributed by atoms with Crippen molar-refractivity contribution in [3.63, 3.8) is 0 Å². The Bertz CT molecular complexity index is 472. The van der Waals surface area contributed by atoms with E-state index in [-0.39, 0.29) is 6.61 Å². The van der Waals surface area contributed by atoms with Gasteiger partial charge in [-0.1, -0.05) is 0 Å². The number of furan rings is 1. The summed E-state index contributed by atoms with van der Waals surface area (Å²) >= 11 is 0. The van der Waals surface area contributed by atoms with E-state index in [0.29, 0.717) is 12.2 Å². The van der Waals surface area contributed by atoms with E-state index in [2.05, 4.69) is 4.74 Å². The molecule has 0 unspecified atom stereocenters. The van der Waals surface area contributed by atoms with Gasteiger partial charge in [0.15, 0.2) is 0 Å². The van der Waals surface area contributed by atoms with Gasteiger partial charge in [0.2, 0.25) is 0 Å². The summed E-state index contributed by atoms with van der Waals surface area (Å²) in [5.41, 5.74) is 0.750. The summed E-state index contributed by atoms with van der Waals surface area (Å²) in [5.74, 6) is 1.39. The highest BCUT2D eigenvalue weighted by molar-refractivity contribution is 5.79. The highest BCUT2D eigenvalue weighted by Crippen LogP contribution is 2.24. The lowest BCUT2D eigenvalue weighted by Crippen LogP contribution is -1.85. The number of benzene rings is 1. The van der Waals surface area contributed by atoms with Crippen molar-refractivity contribution >= 4 is 17.4 Å². The number of fused-ring (bicyclic) bond motifs is 1. The largest absolute Gasteiger partial charge is 0.497 e. The van der Waals surface area contributed by atoms with Crippen molar-refractivity contribution in [2.75, 3.05) is 7.11 Å². The summed E-state index contributed by atoms with van der Waals surface area (Å²) in [7, 11) is 1.61. The zero-order valence-corrected chi connectivity index (χ0v) is 8.23. The predicted octanol–water partition coefficient (Wildman–Crippen LogP) is 2.11. The first kappa shape index (κ1) is 9.58. The molecular formula is C11H10O4. The van der Waals surface area contributed by atoms with Crippen molar-refractivity contribution in [2.24, 2.45) is 0 Å². The monoisotopic (exact) mass is 206 g/mol. The van der Waals surface area contributed by atoms with Crippen molar-refractivity contribution < 1.29 is 18.7 Å². The van der Waals surface area contributed by atoms with Gasteiger partial charge in [0, 0.05) is 5.39 Å². The fourth-order valence-electron chi connectivity index (χ4n) is 1.39. The van der Waals surface area contributed by atoms with Crippen LogP contribution in [-0.4, -0.2) is 13.6 Å². The molecule has 0 bridgehead atoms. The van der Waals surface area contributed by atoms with Crippen LogP contribution in [0.5, 0.6) is 5.75 Å². The van der Waals surface area contributed by atoms with Crippen LogP contribution in [0.3, 0.4) is 0 Å². The van der Waals surface area contributed by atoms with Crippen LogP contribution in [0.15, 0.2) is 28.7 Å². The minimum absolute atomic E-state index is 0.153. The van der Waals surface area contributed by atoms with Gasteiger partial charge in [-0.15, -0.1) is 0 Å². The third kappa shape index (κ3) is 1.93. The zero-order chi connectivity index (χ0) is 10.7. The Balaban J connectivity index is 2.33. The van der Waals surface area contributed by atoms with Gasteiger partial charge in [-0.25, -0.2) is 0 Å². The Morgan fingerprint density at radius 3 is 3.00 bits per heavy atom. The maximum absolute atomic E-state index is 10.0. The van der Waals surface area contributed by atoms with Gasteiger partial charge in [-0.3, -0.25) is 4.79 Å². The lowest BCUT2D eigenvalue weighted by atomic mass is 10.2. The molecule has 0 amide bonds. The molecule has 0 fully saturated rings. The molecule has 78 valence electrons. The number of hydrogen-bond donors (Lipinski definition) is 0.